The van der Waals surface area contributed by atoms with Gasteiger partial charge in [0.1, 0.15) is 11.5 Å². The third kappa shape index (κ3) is 7.50. The molecule has 1 atom stereocenters. The highest BCUT2D eigenvalue weighted by molar-refractivity contribution is 7.86. The summed E-state index contributed by atoms with van der Waals surface area (Å²) < 4.78 is 40.5. The van der Waals surface area contributed by atoms with Gasteiger partial charge in [0.05, 0.1) is 31.7 Å². The average Bonchev–Trinajstić information content (AvgIpc) is 3.33. The number of methoxy groups -OCH3 is 1. The molecule has 0 bridgehead atoms. The number of carbonyl (C=O) groups is 1. The molecule has 0 aliphatic carbocycles. The first-order valence-electron chi connectivity index (χ1n) is 11.8. The normalized spacial score (nSPS) is 15.5. The van der Waals surface area contributed by atoms with Crippen LogP contribution in [0.2, 0.25) is 0 Å². The second kappa shape index (κ2) is 12.1. The third-order valence-corrected chi connectivity index (χ3v) is 6.35. The van der Waals surface area contributed by atoms with Crippen LogP contribution in [0.3, 0.4) is 0 Å². The quantitative estimate of drug-likeness (QED) is 0.459. The lowest BCUT2D eigenvalue weighted by atomic mass is 10.1. The molecule has 1 saturated heterocycles. The van der Waals surface area contributed by atoms with Crippen molar-refractivity contribution in [2.75, 3.05) is 49.8 Å². The molecule has 0 spiro atoms. The molecule has 3 rings (SSSR count). The maximum absolute atomic E-state index is 13.4. The van der Waals surface area contributed by atoms with Crippen LogP contribution in [-0.2, 0) is 21.4 Å². The number of carbonyl (C=O) groups excluding carboxylic acids is 1. The number of para-hydroxylation sites is 2. The number of nitrogens with one attached hydrogen (secondary N) is 1. The van der Waals surface area contributed by atoms with Gasteiger partial charge in [0, 0.05) is 43.6 Å². The predicted molar refractivity (Wildman–Crippen MR) is 137 cm³/mol. The number of urea groups is 1. The average molecular weight is 506 g/mol. The summed E-state index contributed by atoms with van der Waals surface area (Å²) in [4.78, 5) is 17.1. The number of nitrogens with zero attached hydrogens (tertiary/aromatic N) is 2. The van der Waals surface area contributed by atoms with Crippen LogP contribution in [0.25, 0.3) is 0 Å². The van der Waals surface area contributed by atoms with E-state index in [1.54, 1.807) is 30.2 Å². The number of benzene rings is 2. The van der Waals surface area contributed by atoms with Crippen molar-refractivity contribution in [2.45, 2.75) is 39.3 Å². The molecule has 2 aromatic carbocycles. The molecule has 2 aromatic rings. The van der Waals surface area contributed by atoms with Crippen molar-refractivity contribution in [2.24, 2.45) is 0 Å². The standard InChI is InChI=1S/C25H35N3O6S/c1-5-27(6-2)20-14-13-19(24(16-20)34-35(4,30)31)17-28(18-21-10-9-15-33-21)25(29)26-22-11-7-8-12-23(22)32-3/h7-8,11-14,16,21H,5-6,9-10,15,17-18H2,1-4H3,(H,26,29). The van der Waals surface area contributed by atoms with Crippen LogP contribution >= 0.6 is 0 Å². The number of rotatable bonds is 11. The van der Waals surface area contributed by atoms with Gasteiger partial charge in [-0.1, -0.05) is 18.2 Å². The Balaban J connectivity index is 1.92. The molecule has 2 amide bonds. The van der Waals surface area contributed by atoms with E-state index in [0.29, 0.717) is 30.2 Å². The first-order chi connectivity index (χ1) is 16.7. The largest absolute Gasteiger partial charge is 0.495 e. The SMILES string of the molecule is CCN(CC)c1ccc(CN(CC2CCCO2)C(=O)Nc2ccccc2OC)c(OS(C)(=O)=O)c1. The van der Waals surface area contributed by atoms with Gasteiger partial charge in [-0.05, 0) is 44.9 Å². The van der Waals surface area contributed by atoms with E-state index in [1.165, 1.54) is 0 Å². The minimum absolute atomic E-state index is 0.0901. The lowest BCUT2D eigenvalue weighted by Gasteiger charge is -2.28. The molecule has 0 saturated carbocycles. The minimum Gasteiger partial charge on any atom is -0.495 e. The fraction of sp³-hybridized carbons (Fsp3) is 0.480. The van der Waals surface area contributed by atoms with Crippen LogP contribution in [0, 0.1) is 0 Å². The Morgan fingerprint density at radius 1 is 1.14 bits per heavy atom. The zero-order valence-corrected chi connectivity index (χ0v) is 21.6. The van der Waals surface area contributed by atoms with E-state index in [2.05, 4.69) is 10.2 Å². The zero-order valence-electron chi connectivity index (χ0n) is 20.8. The number of ether oxygens (including phenoxy) is 2. The number of anilines is 2. The lowest BCUT2D eigenvalue weighted by Crippen LogP contribution is -2.39. The second-order valence-electron chi connectivity index (χ2n) is 8.40. The van der Waals surface area contributed by atoms with Crippen molar-refractivity contribution in [1.29, 1.82) is 0 Å². The number of amides is 2. The summed E-state index contributed by atoms with van der Waals surface area (Å²) in [5.74, 6) is 0.752. The van der Waals surface area contributed by atoms with Crippen LogP contribution in [-0.4, -0.2) is 65.1 Å². The molecule has 0 aromatic heterocycles. The summed E-state index contributed by atoms with van der Waals surface area (Å²) in [6, 6.07) is 12.3. The molecule has 192 valence electrons. The maximum atomic E-state index is 13.4. The van der Waals surface area contributed by atoms with E-state index in [9.17, 15) is 13.2 Å². The molecule has 1 aliphatic heterocycles. The van der Waals surface area contributed by atoms with Crippen LogP contribution in [0.1, 0.15) is 32.3 Å². The Kier molecular flexibility index (Phi) is 9.22. The molecule has 1 fully saturated rings. The third-order valence-electron chi connectivity index (χ3n) is 5.87. The van der Waals surface area contributed by atoms with Gasteiger partial charge in [-0.15, -0.1) is 0 Å². The Bertz CT molecular complexity index is 1100. The van der Waals surface area contributed by atoms with Crippen LogP contribution in [0.4, 0.5) is 16.2 Å². The second-order valence-corrected chi connectivity index (χ2v) is 9.97. The summed E-state index contributed by atoms with van der Waals surface area (Å²) in [5, 5.41) is 2.91. The Labute approximate surface area is 208 Å². The monoisotopic (exact) mass is 505 g/mol. The van der Waals surface area contributed by atoms with Crippen LogP contribution in [0.5, 0.6) is 11.5 Å². The molecule has 9 nitrogen and oxygen atoms in total. The molecular weight excluding hydrogens is 470 g/mol. The first-order valence-corrected chi connectivity index (χ1v) is 13.6. The van der Waals surface area contributed by atoms with E-state index in [0.717, 1.165) is 37.9 Å². The van der Waals surface area contributed by atoms with Gasteiger partial charge in [-0.3, -0.25) is 0 Å². The van der Waals surface area contributed by atoms with E-state index in [-0.39, 0.29) is 24.4 Å². The highest BCUT2D eigenvalue weighted by atomic mass is 32.2. The van der Waals surface area contributed by atoms with Crippen molar-refractivity contribution in [1.82, 2.24) is 4.90 Å². The molecule has 1 aliphatic rings. The van der Waals surface area contributed by atoms with Crippen molar-refractivity contribution < 1.29 is 26.9 Å². The van der Waals surface area contributed by atoms with E-state index in [4.69, 9.17) is 13.7 Å². The molecule has 35 heavy (non-hydrogen) atoms. The van der Waals surface area contributed by atoms with Crippen molar-refractivity contribution >= 4 is 27.5 Å². The minimum atomic E-state index is -3.77. The molecule has 10 heteroatoms. The molecule has 1 unspecified atom stereocenters. The topological polar surface area (TPSA) is 97.4 Å². The van der Waals surface area contributed by atoms with E-state index < -0.39 is 10.1 Å². The summed E-state index contributed by atoms with van der Waals surface area (Å²) in [7, 11) is -2.23. The summed E-state index contributed by atoms with van der Waals surface area (Å²) in [6.45, 7) is 6.75. The number of hydrogen-bond donors (Lipinski definition) is 1. The summed E-state index contributed by atoms with van der Waals surface area (Å²) in [6.07, 6.45) is 2.71. The van der Waals surface area contributed by atoms with Gasteiger partial charge in [-0.2, -0.15) is 8.42 Å². The Morgan fingerprint density at radius 2 is 1.89 bits per heavy atom. The first kappa shape index (κ1) is 26.6. The van der Waals surface area contributed by atoms with Gasteiger partial charge in [0.2, 0.25) is 0 Å². The highest BCUT2D eigenvalue weighted by Crippen LogP contribution is 2.30. The smallest absolute Gasteiger partial charge is 0.322 e. The fourth-order valence-corrected chi connectivity index (χ4v) is 4.58. The van der Waals surface area contributed by atoms with Crippen LogP contribution in [0.15, 0.2) is 42.5 Å². The Hall–Kier alpha value is -2.98. The molecule has 1 heterocycles. The van der Waals surface area contributed by atoms with E-state index in [1.807, 2.05) is 38.1 Å². The van der Waals surface area contributed by atoms with Gasteiger partial charge in [-0.25, -0.2) is 4.79 Å². The van der Waals surface area contributed by atoms with Gasteiger partial charge in [0.25, 0.3) is 0 Å². The van der Waals surface area contributed by atoms with Crippen molar-refractivity contribution in [3.05, 3.63) is 48.0 Å². The van der Waals surface area contributed by atoms with Gasteiger partial charge < -0.3 is 28.8 Å². The van der Waals surface area contributed by atoms with Gasteiger partial charge in [0.15, 0.2) is 0 Å². The zero-order chi connectivity index (χ0) is 25.4. The van der Waals surface area contributed by atoms with Crippen molar-refractivity contribution in [3.63, 3.8) is 0 Å². The summed E-state index contributed by atoms with van der Waals surface area (Å²) in [5.41, 5.74) is 1.97. The van der Waals surface area contributed by atoms with Crippen LogP contribution < -0.4 is 19.1 Å². The summed E-state index contributed by atoms with van der Waals surface area (Å²) >= 11 is 0. The molecule has 1 N–H and O–H groups in total. The van der Waals surface area contributed by atoms with Gasteiger partial charge >= 0.3 is 16.1 Å². The maximum Gasteiger partial charge on any atom is 0.322 e. The molecule has 0 radical (unpaired) electrons. The lowest BCUT2D eigenvalue weighted by molar-refractivity contribution is 0.0818. The molecular formula is C25H35N3O6S. The number of hydrogen-bond acceptors (Lipinski definition) is 7. The predicted octanol–water partition coefficient (Wildman–Crippen LogP) is 4.09. The highest BCUT2D eigenvalue weighted by Gasteiger charge is 2.25. The van der Waals surface area contributed by atoms with Crippen molar-refractivity contribution in [3.8, 4) is 11.5 Å². The van der Waals surface area contributed by atoms with E-state index >= 15 is 0 Å². The fourth-order valence-electron chi connectivity index (χ4n) is 4.10. The Morgan fingerprint density at radius 3 is 2.51 bits per heavy atom.